The van der Waals surface area contributed by atoms with Crippen LogP contribution in [0.25, 0.3) is 0 Å². The van der Waals surface area contributed by atoms with E-state index in [4.69, 9.17) is 4.74 Å². The van der Waals surface area contributed by atoms with E-state index in [1.165, 1.54) is 31.2 Å². The van der Waals surface area contributed by atoms with Crippen molar-refractivity contribution < 1.29 is 31.5 Å². The van der Waals surface area contributed by atoms with Crippen LogP contribution < -0.4 is 15.5 Å². The molecule has 0 spiro atoms. The van der Waals surface area contributed by atoms with E-state index in [0.29, 0.717) is 26.3 Å². The molecular formula is C27H33F5N4O2. The van der Waals surface area contributed by atoms with Gasteiger partial charge in [0, 0.05) is 41.6 Å². The molecule has 2 heterocycles. The summed E-state index contributed by atoms with van der Waals surface area (Å²) < 4.78 is 74.9. The number of nitrogens with one attached hydrogen (secondary N) is 2. The number of rotatable bonds is 8. The number of nitrogens with zero attached hydrogens (tertiary/aromatic N) is 2. The molecule has 1 atom stereocenters. The predicted octanol–water partition coefficient (Wildman–Crippen LogP) is 5.53. The number of amides is 1. The quantitative estimate of drug-likeness (QED) is 0.431. The summed E-state index contributed by atoms with van der Waals surface area (Å²) in [7, 11) is 2.00. The molecule has 38 heavy (non-hydrogen) atoms. The SMILES string of the molecule is C[C@@H](NC(=O)c1cc(N2CCOCC2)c(C(F)F)cc1NC1CCN(C)CC1)c1cccc(C(F)F)c1F. The number of benzene rings is 2. The second-order valence-electron chi connectivity index (χ2n) is 9.82. The van der Waals surface area contributed by atoms with Crippen LogP contribution in [0.15, 0.2) is 30.3 Å². The molecule has 0 radical (unpaired) electrons. The molecule has 4 rings (SSSR count). The van der Waals surface area contributed by atoms with Gasteiger partial charge in [0.25, 0.3) is 18.8 Å². The fourth-order valence-electron chi connectivity index (χ4n) is 4.96. The van der Waals surface area contributed by atoms with Gasteiger partial charge in [-0.25, -0.2) is 22.0 Å². The first-order chi connectivity index (χ1) is 18.2. The highest BCUT2D eigenvalue weighted by Crippen LogP contribution is 2.36. The monoisotopic (exact) mass is 540 g/mol. The van der Waals surface area contributed by atoms with Crippen molar-refractivity contribution in [1.82, 2.24) is 10.2 Å². The predicted molar refractivity (Wildman–Crippen MR) is 136 cm³/mol. The van der Waals surface area contributed by atoms with Crippen molar-refractivity contribution in [3.63, 3.8) is 0 Å². The molecule has 1 amide bonds. The molecule has 6 nitrogen and oxygen atoms in total. The lowest BCUT2D eigenvalue weighted by atomic mass is 10.00. The van der Waals surface area contributed by atoms with Crippen LogP contribution in [0.1, 0.15) is 65.7 Å². The number of piperidine rings is 1. The molecule has 0 saturated carbocycles. The van der Waals surface area contributed by atoms with Gasteiger partial charge in [-0.05, 0) is 52.0 Å². The highest BCUT2D eigenvalue weighted by molar-refractivity contribution is 6.01. The molecule has 2 aromatic carbocycles. The summed E-state index contributed by atoms with van der Waals surface area (Å²) in [6, 6.07) is 5.45. The van der Waals surface area contributed by atoms with Gasteiger partial charge < -0.3 is 25.2 Å². The Morgan fingerprint density at radius 1 is 0.974 bits per heavy atom. The number of halogens is 5. The molecule has 0 unspecified atom stereocenters. The third kappa shape index (κ3) is 6.37. The van der Waals surface area contributed by atoms with E-state index in [1.807, 2.05) is 7.05 Å². The van der Waals surface area contributed by atoms with Crippen molar-refractivity contribution in [2.24, 2.45) is 0 Å². The first-order valence-corrected chi connectivity index (χ1v) is 12.8. The number of hydrogen-bond donors (Lipinski definition) is 2. The molecule has 0 aliphatic carbocycles. The van der Waals surface area contributed by atoms with Gasteiger partial charge in [-0.3, -0.25) is 4.79 Å². The highest BCUT2D eigenvalue weighted by Gasteiger charge is 2.28. The van der Waals surface area contributed by atoms with Crippen molar-refractivity contribution >= 4 is 17.3 Å². The van der Waals surface area contributed by atoms with Crippen LogP contribution in [0.4, 0.5) is 33.3 Å². The van der Waals surface area contributed by atoms with E-state index in [9.17, 15) is 26.7 Å². The Kier molecular flexibility index (Phi) is 9.09. The van der Waals surface area contributed by atoms with E-state index >= 15 is 0 Å². The van der Waals surface area contributed by atoms with Crippen molar-refractivity contribution in [3.8, 4) is 0 Å². The average Bonchev–Trinajstić information content (AvgIpc) is 2.90. The summed E-state index contributed by atoms with van der Waals surface area (Å²) in [5, 5.41) is 5.97. The lowest BCUT2D eigenvalue weighted by molar-refractivity contribution is 0.0939. The number of alkyl halides is 4. The Hall–Kier alpha value is -2.92. The molecule has 2 N–H and O–H groups in total. The minimum atomic E-state index is -3.00. The fourth-order valence-corrected chi connectivity index (χ4v) is 4.96. The zero-order chi connectivity index (χ0) is 27.4. The number of hydrogen-bond acceptors (Lipinski definition) is 5. The highest BCUT2D eigenvalue weighted by atomic mass is 19.3. The number of carbonyl (C=O) groups is 1. The van der Waals surface area contributed by atoms with Crippen LogP contribution in [-0.2, 0) is 4.74 Å². The van der Waals surface area contributed by atoms with Crippen LogP contribution in [0.3, 0.4) is 0 Å². The largest absolute Gasteiger partial charge is 0.382 e. The normalized spacial score (nSPS) is 18.2. The minimum absolute atomic E-state index is 0.0184. The Balaban J connectivity index is 1.68. The van der Waals surface area contributed by atoms with E-state index in [-0.39, 0.29) is 34.1 Å². The van der Waals surface area contributed by atoms with Crippen LogP contribution in [0.2, 0.25) is 0 Å². The summed E-state index contributed by atoms with van der Waals surface area (Å²) in [6.07, 6.45) is -4.22. The molecule has 11 heteroatoms. The van der Waals surface area contributed by atoms with Crippen molar-refractivity contribution in [2.75, 3.05) is 56.7 Å². The Morgan fingerprint density at radius 3 is 2.24 bits per heavy atom. The van der Waals surface area contributed by atoms with Crippen LogP contribution in [0.5, 0.6) is 0 Å². The molecule has 0 aromatic heterocycles. The van der Waals surface area contributed by atoms with Gasteiger partial charge in [0.15, 0.2) is 0 Å². The van der Waals surface area contributed by atoms with Gasteiger partial charge >= 0.3 is 0 Å². The van der Waals surface area contributed by atoms with Crippen LogP contribution >= 0.6 is 0 Å². The van der Waals surface area contributed by atoms with Gasteiger partial charge in [0.05, 0.1) is 30.4 Å². The minimum Gasteiger partial charge on any atom is -0.382 e. The second-order valence-corrected chi connectivity index (χ2v) is 9.82. The summed E-state index contributed by atoms with van der Waals surface area (Å²) in [4.78, 5) is 17.5. The maximum Gasteiger partial charge on any atom is 0.266 e. The first-order valence-electron chi connectivity index (χ1n) is 12.8. The molecule has 2 aliphatic rings. The van der Waals surface area contributed by atoms with Crippen molar-refractivity contribution in [1.29, 1.82) is 0 Å². The topological polar surface area (TPSA) is 56.8 Å². The smallest absolute Gasteiger partial charge is 0.266 e. The number of ether oxygens (including phenoxy) is 1. The summed E-state index contributed by atoms with van der Waals surface area (Å²) >= 11 is 0. The second kappa shape index (κ2) is 12.3. The Morgan fingerprint density at radius 2 is 1.61 bits per heavy atom. The molecule has 2 aliphatic heterocycles. The van der Waals surface area contributed by atoms with Gasteiger partial charge in [-0.15, -0.1) is 0 Å². The van der Waals surface area contributed by atoms with Crippen LogP contribution in [0, 0.1) is 5.82 Å². The standard InChI is InChI=1S/C27H33F5N4O2/c1-16(18-4-3-5-19(24(18)28)25(29)30)33-27(37)20-15-23(36-10-12-38-13-11-36)21(26(31)32)14-22(20)34-17-6-8-35(2)9-7-17/h3-5,14-17,25-26,34H,6-13H2,1-2H3,(H,33,37)/t16-/m1/s1. The fraction of sp³-hybridized carbons (Fsp3) is 0.519. The number of anilines is 2. The van der Waals surface area contributed by atoms with E-state index in [1.54, 1.807) is 4.90 Å². The molecule has 2 saturated heterocycles. The zero-order valence-corrected chi connectivity index (χ0v) is 21.5. The van der Waals surface area contributed by atoms with Crippen molar-refractivity contribution in [3.05, 3.63) is 58.4 Å². The Labute approximate surface area is 219 Å². The number of carbonyl (C=O) groups excluding carboxylic acids is 1. The van der Waals surface area contributed by atoms with E-state index < -0.39 is 36.2 Å². The van der Waals surface area contributed by atoms with Gasteiger partial charge in [0.1, 0.15) is 5.82 Å². The van der Waals surface area contributed by atoms with Gasteiger partial charge in [0.2, 0.25) is 0 Å². The number of morpholine rings is 1. The third-order valence-corrected chi connectivity index (χ3v) is 7.18. The average molecular weight is 541 g/mol. The molecule has 2 fully saturated rings. The van der Waals surface area contributed by atoms with Gasteiger partial charge in [-0.1, -0.05) is 18.2 Å². The maximum absolute atomic E-state index is 14.7. The molecule has 2 aromatic rings. The summed E-state index contributed by atoms with van der Waals surface area (Å²) in [5.41, 5.74) is -0.392. The lowest BCUT2D eigenvalue weighted by Crippen LogP contribution is -2.38. The van der Waals surface area contributed by atoms with Crippen LogP contribution in [-0.4, -0.2) is 63.3 Å². The molecule has 208 valence electrons. The van der Waals surface area contributed by atoms with E-state index in [2.05, 4.69) is 15.5 Å². The third-order valence-electron chi connectivity index (χ3n) is 7.18. The first kappa shape index (κ1) is 28.1. The molecular weight excluding hydrogens is 507 g/mol. The summed E-state index contributed by atoms with van der Waals surface area (Å²) in [6.45, 7) is 4.67. The van der Waals surface area contributed by atoms with E-state index in [0.717, 1.165) is 32.0 Å². The maximum atomic E-state index is 14.7. The number of likely N-dealkylation sites (tertiary alicyclic amines) is 1. The van der Waals surface area contributed by atoms with Gasteiger partial charge in [-0.2, -0.15) is 0 Å². The summed E-state index contributed by atoms with van der Waals surface area (Å²) in [5.74, 6) is -1.70. The lowest BCUT2D eigenvalue weighted by Gasteiger charge is -2.33. The molecule has 0 bridgehead atoms. The zero-order valence-electron chi connectivity index (χ0n) is 21.5. The Bertz CT molecular complexity index is 1120. The van der Waals surface area contributed by atoms with Crippen molar-refractivity contribution in [2.45, 2.75) is 44.7 Å².